The van der Waals surface area contributed by atoms with Crippen LogP contribution in [0.1, 0.15) is 64.8 Å². The van der Waals surface area contributed by atoms with Crippen molar-refractivity contribution in [3.63, 3.8) is 0 Å². The van der Waals surface area contributed by atoms with Crippen molar-refractivity contribution in [1.82, 2.24) is 4.90 Å². The first kappa shape index (κ1) is 18.8. The molecule has 2 aromatic carbocycles. The monoisotopic (exact) mass is 401 g/mol. The Morgan fingerprint density at radius 3 is 2.47 bits per heavy atom. The lowest BCUT2D eigenvalue weighted by Gasteiger charge is -2.27. The summed E-state index contributed by atoms with van der Waals surface area (Å²) in [5.74, 6) is -0.831. The number of esters is 1. The van der Waals surface area contributed by atoms with Gasteiger partial charge in [-0.2, -0.15) is 0 Å². The van der Waals surface area contributed by atoms with Crippen molar-refractivity contribution in [1.29, 1.82) is 0 Å². The number of benzene rings is 2. The molecule has 0 spiro atoms. The van der Waals surface area contributed by atoms with Crippen molar-refractivity contribution in [3.8, 4) is 11.1 Å². The molecular weight excluding hydrogens is 378 g/mol. The van der Waals surface area contributed by atoms with E-state index in [9.17, 15) is 14.4 Å². The molecule has 2 aromatic rings. The zero-order valence-electron chi connectivity index (χ0n) is 16.7. The fraction of sp³-hybridized carbons (Fsp3) is 0.320. The van der Waals surface area contributed by atoms with Crippen molar-refractivity contribution in [2.45, 2.75) is 44.6 Å². The number of rotatable bonds is 5. The highest BCUT2D eigenvalue weighted by Crippen LogP contribution is 2.37. The molecule has 152 valence electrons. The maximum atomic E-state index is 12.8. The summed E-state index contributed by atoms with van der Waals surface area (Å²) in [5, 5.41) is 0. The third-order valence-electron chi connectivity index (χ3n) is 6.05. The first-order chi connectivity index (χ1) is 14.6. The smallest absolute Gasteiger partial charge is 0.338 e. The fourth-order valence-corrected chi connectivity index (χ4v) is 4.41. The third kappa shape index (κ3) is 3.34. The van der Waals surface area contributed by atoms with E-state index in [1.807, 2.05) is 23.1 Å². The average Bonchev–Trinajstić information content (AvgIpc) is 3.58. The minimum atomic E-state index is -0.580. The summed E-state index contributed by atoms with van der Waals surface area (Å²) in [6, 6.07) is 12.7. The van der Waals surface area contributed by atoms with E-state index in [2.05, 4.69) is 6.08 Å². The van der Waals surface area contributed by atoms with Crippen LogP contribution in [0.2, 0.25) is 0 Å². The van der Waals surface area contributed by atoms with Crippen molar-refractivity contribution in [2.75, 3.05) is 6.61 Å². The van der Waals surface area contributed by atoms with E-state index in [1.165, 1.54) is 0 Å². The Hall–Kier alpha value is -3.21. The third-order valence-corrected chi connectivity index (χ3v) is 6.05. The molecule has 1 fully saturated rings. The number of ether oxygens (including phenoxy) is 1. The predicted molar refractivity (Wildman–Crippen MR) is 112 cm³/mol. The van der Waals surface area contributed by atoms with Crippen LogP contribution in [0.15, 0.2) is 54.2 Å². The molecule has 3 aliphatic carbocycles. The van der Waals surface area contributed by atoms with Gasteiger partial charge < -0.3 is 9.64 Å². The fourth-order valence-electron chi connectivity index (χ4n) is 4.41. The number of hydrogen-bond donors (Lipinski definition) is 0. The molecule has 0 aromatic heterocycles. The normalized spacial score (nSPS) is 17.1. The minimum Gasteiger partial charge on any atom is -0.452 e. The lowest BCUT2D eigenvalue weighted by Crippen LogP contribution is -2.36. The van der Waals surface area contributed by atoms with Crippen molar-refractivity contribution >= 4 is 17.7 Å². The van der Waals surface area contributed by atoms with E-state index >= 15 is 0 Å². The second kappa shape index (κ2) is 7.56. The van der Waals surface area contributed by atoms with Crippen molar-refractivity contribution < 1.29 is 19.1 Å². The van der Waals surface area contributed by atoms with Gasteiger partial charge in [-0.3, -0.25) is 9.59 Å². The molecule has 0 N–H and O–H groups in total. The van der Waals surface area contributed by atoms with Gasteiger partial charge in [-0.25, -0.2) is 4.79 Å². The Kier molecular flexibility index (Phi) is 4.74. The van der Waals surface area contributed by atoms with Gasteiger partial charge in [0.1, 0.15) is 0 Å². The average molecular weight is 401 g/mol. The molecule has 0 unspecified atom stereocenters. The number of carbonyl (C=O) groups excluding carboxylic acids is 3. The zero-order chi connectivity index (χ0) is 20.7. The first-order valence-corrected chi connectivity index (χ1v) is 10.6. The Labute approximate surface area is 175 Å². The van der Waals surface area contributed by atoms with E-state index in [1.54, 1.807) is 24.3 Å². The van der Waals surface area contributed by atoms with Crippen molar-refractivity contribution in [2.24, 2.45) is 0 Å². The first-order valence-electron chi connectivity index (χ1n) is 10.6. The molecule has 30 heavy (non-hydrogen) atoms. The van der Waals surface area contributed by atoms with Gasteiger partial charge >= 0.3 is 5.97 Å². The number of hydrogen-bond acceptors (Lipinski definition) is 4. The highest BCUT2D eigenvalue weighted by atomic mass is 16.5. The van der Waals surface area contributed by atoms with Crippen LogP contribution >= 0.6 is 0 Å². The van der Waals surface area contributed by atoms with Crippen LogP contribution in [0.25, 0.3) is 11.1 Å². The summed E-state index contributed by atoms with van der Waals surface area (Å²) in [7, 11) is 0. The molecule has 5 rings (SSSR count). The van der Waals surface area contributed by atoms with E-state index in [-0.39, 0.29) is 29.9 Å². The molecule has 5 heteroatoms. The topological polar surface area (TPSA) is 63.7 Å². The lowest BCUT2D eigenvalue weighted by atomic mass is 10.0. The second-order valence-corrected chi connectivity index (χ2v) is 8.15. The predicted octanol–water partition coefficient (Wildman–Crippen LogP) is 4.50. The van der Waals surface area contributed by atoms with Gasteiger partial charge in [0.25, 0.3) is 5.91 Å². The summed E-state index contributed by atoms with van der Waals surface area (Å²) >= 11 is 0. The highest BCUT2D eigenvalue weighted by molar-refractivity contribution is 6.22. The molecule has 0 heterocycles. The molecule has 0 radical (unpaired) electrons. The number of fused-ring (bicyclic) bond motifs is 3. The maximum absolute atomic E-state index is 12.8. The number of carbonyl (C=O) groups is 3. The summed E-state index contributed by atoms with van der Waals surface area (Å²) in [5.41, 5.74) is 4.22. The zero-order valence-corrected chi connectivity index (χ0v) is 16.7. The number of ketones is 1. The van der Waals surface area contributed by atoms with E-state index in [0.29, 0.717) is 11.1 Å². The quantitative estimate of drug-likeness (QED) is 0.591. The molecule has 1 amide bonds. The summed E-state index contributed by atoms with van der Waals surface area (Å²) < 4.78 is 5.34. The molecular formula is C25H23NO4. The highest BCUT2D eigenvalue weighted by Gasteiger charge is 2.35. The minimum absolute atomic E-state index is 0.0875. The Balaban J connectivity index is 1.29. The summed E-state index contributed by atoms with van der Waals surface area (Å²) in [6.45, 7) is -0.280. The van der Waals surface area contributed by atoms with E-state index in [0.717, 1.165) is 55.3 Å². The largest absolute Gasteiger partial charge is 0.452 e. The van der Waals surface area contributed by atoms with Crippen LogP contribution in [0, 0.1) is 0 Å². The molecule has 1 saturated carbocycles. The van der Waals surface area contributed by atoms with Crippen LogP contribution in [0.5, 0.6) is 0 Å². The van der Waals surface area contributed by atoms with Gasteiger partial charge in [-0.15, -0.1) is 0 Å². The van der Waals surface area contributed by atoms with E-state index in [4.69, 9.17) is 4.74 Å². The van der Waals surface area contributed by atoms with Gasteiger partial charge in [-0.05, 0) is 61.8 Å². The van der Waals surface area contributed by atoms with Crippen LogP contribution in [-0.4, -0.2) is 35.2 Å². The SMILES string of the molecule is O=C(OCC(=O)N(C1=CCCCC1)C1CC1)c1ccc2c(c1)C(=O)c1ccccc1-2. The Morgan fingerprint density at radius 2 is 1.73 bits per heavy atom. The van der Waals surface area contributed by atoms with E-state index < -0.39 is 5.97 Å². The molecule has 0 bridgehead atoms. The molecule has 0 saturated heterocycles. The van der Waals surface area contributed by atoms with Gasteiger partial charge in [0, 0.05) is 22.9 Å². The van der Waals surface area contributed by atoms with Crippen LogP contribution in [-0.2, 0) is 9.53 Å². The number of amides is 1. The van der Waals surface area contributed by atoms with Crippen LogP contribution in [0.4, 0.5) is 0 Å². The van der Waals surface area contributed by atoms with Gasteiger partial charge in [0.2, 0.25) is 0 Å². The standard InChI is InChI=1S/C25H23NO4/c27-23(26(18-11-12-18)17-6-2-1-3-7-17)15-30-25(29)16-10-13-20-19-8-4-5-9-21(19)24(28)22(20)14-16/h4-6,8-10,13-14,18H,1-3,7,11-12,15H2. The molecule has 0 atom stereocenters. The second-order valence-electron chi connectivity index (χ2n) is 8.15. The van der Waals surface area contributed by atoms with Crippen LogP contribution in [0.3, 0.4) is 0 Å². The van der Waals surface area contributed by atoms with Gasteiger partial charge in [0.15, 0.2) is 12.4 Å². The molecule has 3 aliphatic rings. The van der Waals surface area contributed by atoms with Crippen LogP contribution < -0.4 is 0 Å². The number of allylic oxidation sites excluding steroid dienone is 2. The molecule has 5 nitrogen and oxygen atoms in total. The van der Waals surface area contributed by atoms with Gasteiger partial charge in [0.05, 0.1) is 5.56 Å². The van der Waals surface area contributed by atoms with Crippen molar-refractivity contribution in [3.05, 3.63) is 70.9 Å². The Bertz CT molecular complexity index is 1080. The number of nitrogens with zero attached hydrogens (tertiary/aromatic N) is 1. The molecule has 0 aliphatic heterocycles. The van der Waals surface area contributed by atoms with Gasteiger partial charge in [-0.1, -0.05) is 36.4 Å². The summed E-state index contributed by atoms with van der Waals surface area (Å²) in [6.07, 6.45) is 8.31. The maximum Gasteiger partial charge on any atom is 0.338 e. The lowest BCUT2D eigenvalue weighted by molar-refractivity contribution is -0.133. The Morgan fingerprint density at radius 1 is 0.967 bits per heavy atom. The summed E-state index contributed by atoms with van der Waals surface area (Å²) in [4.78, 5) is 39.9.